The lowest BCUT2D eigenvalue weighted by Crippen LogP contribution is -2.16. The van der Waals surface area contributed by atoms with Gasteiger partial charge in [-0.2, -0.15) is 0 Å². The van der Waals surface area contributed by atoms with Crippen LogP contribution in [0.5, 0.6) is 0 Å². The third-order valence-corrected chi connectivity index (χ3v) is 13.6. The molecule has 3 unspecified atom stereocenters. The molecule has 308 valence electrons. The highest BCUT2D eigenvalue weighted by Gasteiger charge is 2.30. The van der Waals surface area contributed by atoms with Crippen molar-refractivity contribution in [2.24, 2.45) is 11.8 Å². The summed E-state index contributed by atoms with van der Waals surface area (Å²) >= 11 is 0. The van der Waals surface area contributed by atoms with Gasteiger partial charge in [0.15, 0.2) is 11.4 Å². The maximum atomic E-state index is 6.73. The van der Waals surface area contributed by atoms with Crippen molar-refractivity contribution in [2.45, 2.75) is 19.3 Å². The Hall–Kier alpha value is -8.15. The van der Waals surface area contributed by atoms with Crippen molar-refractivity contribution >= 4 is 49.8 Å². The van der Waals surface area contributed by atoms with Gasteiger partial charge in [0.2, 0.25) is 0 Å². The van der Waals surface area contributed by atoms with E-state index < -0.39 is 0 Å². The van der Waals surface area contributed by atoms with Gasteiger partial charge in [-0.1, -0.05) is 171 Å². The number of hydrogen-bond donors (Lipinski definition) is 0. The minimum Gasteiger partial charge on any atom is -0.454 e. The lowest BCUT2D eigenvalue weighted by Gasteiger charge is -2.27. The summed E-state index contributed by atoms with van der Waals surface area (Å²) in [5.41, 5.74) is 16.8. The second-order valence-corrected chi connectivity index (χ2v) is 17.6. The first-order valence-corrected chi connectivity index (χ1v) is 22.6. The Bertz CT molecular complexity index is 3710. The Morgan fingerprint density at radius 2 is 1.29 bits per heavy atom. The van der Waals surface area contributed by atoms with Gasteiger partial charge in [-0.05, 0) is 71.5 Å². The lowest BCUT2D eigenvalue weighted by molar-refractivity contribution is 0.619. The standard InChI is InChI=1S/C60H42N4O/c1-37-28-33-54-50(34-37)46-21-7-9-26-53(46)64(54)43-31-29-40(30-32-43)52-36-51(39-15-3-2-4-16-39)61-60(62-52)42-19-11-18-41(35-42)45-23-13-25-49-56-48-22-8-10-27-55(48)65-59(56)58(63-57(45)49)47-24-12-17-38-14-5-6-20-44(38)47/h2-33,35-37,44,47H,34H2,1H3. The van der Waals surface area contributed by atoms with E-state index in [1.807, 2.05) is 12.1 Å². The molecule has 0 radical (unpaired) electrons. The molecule has 6 aromatic carbocycles. The van der Waals surface area contributed by atoms with Crippen LogP contribution in [0.1, 0.15) is 29.8 Å². The summed E-state index contributed by atoms with van der Waals surface area (Å²) < 4.78 is 9.13. The van der Waals surface area contributed by atoms with E-state index in [2.05, 4.69) is 206 Å². The van der Waals surface area contributed by atoms with Gasteiger partial charge in [0, 0.05) is 67.0 Å². The summed E-state index contributed by atoms with van der Waals surface area (Å²) in [6.45, 7) is 2.29. The number of aromatic nitrogens is 4. The Morgan fingerprint density at radius 1 is 0.569 bits per heavy atom. The van der Waals surface area contributed by atoms with Crippen LogP contribution in [-0.4, -0.2) is 19.5 Å². The minimum atomic E-state index is 0.0123. The van der Waals surface area contributed by atoms with Crippen LogP contribution in [-0.2, 0) is 6.42 Å². The highest BCUT2D eigenvalue weighted by atomic mass is 16.3. The van der Waals surface area contributed by atoms with E-state index in [1.165, 1.54) is 27.7 Å². The fourth-order valence-electron chi connectivity index (χ4n) is 10.5. The third-order valence-electron chi connectivity index (χ3n) is 13.6. The Kier molecular flexibility index (Phi) is 8.63. The molecule has 4 heterocycles. The zero-order chi connectivity index (χ0) is 43.0. The van der Waals surface area contributed by atoms with E-state index in [9.17, 15) is 0 Å². The number of para-hydroxylation sites is 3. The molecular formula is C60H42N4O. The number of hydrogen-bond acceptors (Lipinski definition) is 4. The molecule has 3 atom stereocenters. The molecule has 5 heteroatoms. The Labute approximate surface area is 376 Å². The average molecular weight is 835 g/mol. The zero-order valence-corrected chi connectivity index (χ0v) is 35.8. The van der Waals surface area contributed by atoms with Crippen molar-refractivity contribution in [1.29, 1.82) is 0 Å². The number of furan rings is 1. The van der Waals surface area contributed by atoms with Crippen LogP contribution in [0.25, 0.3) is 101 Å². The molecule has 0 saturated carbocycles. The van der Waals surface area contributed by atoms with Crippen LogP contribution < -0.4 is 0 Å². The van der Waals surface area contributed by atoms with E-state index in [0.29, 0.717) is 11.7 Å². The number of fused-ring (bicyclic) bond motifs is 9. The molecule has 13 rings (SSSR count). The van der Waals surface area contributed by atoms with Gasteiger partial charge in [0.1, 0.15) is 5.58 Å². The van der Waals surface area contributed by atoms with Crippen molar-refractivity contribution in [2.75, 3.05) is 0 Å². The molecular weight excluding hydrogens is 793 g/mol. The van der Waals surface area contributed by atoms with Crippen LogP contribution >= 0.6 is 0 Å². The van der Waals surface area contributed by atoms with E-state index in [4.69, 9.17) is 19.4 Å². The predicted octanol–water partition coefficient (Wildman–Crippen LogP) is 15.1. The summed E-state index contributed by atoms with van der Waals surface area (Å²) in [7, 11) is 0. The van der Waals surface area contributed by atoms with Crippen molar-refractivity contribution in [3.63, 3.8) is 0 Å². The first-order chi connectivity index (χ1) is 32.1. The molecule has 10 aromatic rings. The first kappa shape index (κ1) is 37.4. The molecule has 3 aliphatic carbocycles. The van der Waals surface area contributed by atoms with E-state index in [0.717, 1.165) is 89.8 Å². The van der Waals surface area contributed by atoms with Crippen molar-refractivity contribution in [3.05, 3.63) is 223 Å². The molecule has 3 aliphatic rings. The second kappa shape index (κ2) is 15.0. The zero-order valence-electron chi connectivity index (χ0n) is 35.8. The van der Waals surface area contributed by atoms with Gasteiger partial charge in [-0.3, -0.25) is 0 Å². The molecule has 0 amide bonds. The van der Waals surface area contributed by atoms with Crippen molar-refractivity contribution in [3.8, 4) is 50.7 Å². The summed E-state index contributed by atoms with van der Waals surface area (Å²) in [6.07, 6.45) is 21.1. The highest BCUT2D eigenvalue weighted by Crippen LogP contribution is 2.45. The van der Waals surface area contributed by atoms with Gasteiger partial charge in [0.05, 0.1) is 28.1 Å². The Morgan fingerprint density at radius 3 is 2.17 bits per heavy atom. The van der Waals surface area contributed by atoms with Crippen LogP contribution in [0, 0.1) is 11.8 Å². The molecule has 0 saturated heterocycles. The van der Waals surface area contributed by atoms with E-state index in [1.54, 1.807) is 0 Å². The van der Waals surface area contributed by atoms with Gasteiger partial charge in [0.25, 0.3) is 0 Å². The fraction of sp³-hybridized carbons (Fsp3) is 0.0833. The average Bonchev–Trinajstić information content (AvgIpc) is 3.92. The molecule has 4 aromatic heterocycles. The maximum Gasteiger partial charge on any atom is 0.160 e. The summed E-state index contributed by atoms with van der Waals surface area (Å²) in [5, 5.41) is 4.59. The number of allylic oxidation sites excluding steroid dienone is 9. The summed E-state index contributed by atoms with van der Waals surface area (Å²) in [5.74, 6) is 1.36. The normalized spacial score (nSPS) is 17.6. The summed E-state index contributed by atoms with van der Waals surface area (Å²) in [6, 6.07) is 53.6. The lowest BCUT2D eigenvalue weighted by atomic mass is 9.77. The number of nitrogens with zero attached hydrogens (tertiary/aromatic N) is 4. The number of pyridine rings is 1. The number of rotatable bonds is 6. The quantitative estimate of drug-likeness (QED) is 0.167. The molecule has 0 aliphatic heterocycles. The molecule has 0 fully saturated rings. The van der Waals surface area contributed by atoms with Crippen LogP contribution in [0.2, 0.25) is 0 Å². The number of benzene rings is 6. The second-order valence-electron chi connectivity index (χ2n) is 17.6. The van der Waals surface area contributed by atoms with Gasteiger partial charge in [-0.15, -0.1) is 0 Å². The SMILES string of the molecule is CC1C=Cc2c(c3ccccc3n2-c2ccc(-c3cc(-c4ccccc4)nc(-c4cccc(-c5cccc6c5nc(C5C=CC=C7C=CC=CC75)c5oc7ccccc7c56)c4)n3)cc2)C1. The summed E-state index contributed by atoms with van der Waals surface area (Å²) in [4.78, 5) is 16.2. The topological polar surface area (TPSA) is 56.7 Å². The molecule has 0 bridgehead atoms. The van der Waals surface area contributed by atoms with Gasteiger partial charge >= 0.3 is 0 Å². The minimum absolute atomic E-state index is 0.0123. The Balaban J connectivity index is 0.943. The van der Waals surface area contributed by atoms with Gasteiger partial charge < -0.3 is 8.98 Å². The fourth-order valence-corrected chi connectivity index (χ4v) is 10.5. The van der Waals surface area contributed by atoms with Crippen molar-refractivity contribution < 1.29 is 4.42 Å². The maximum absolute atomic E-state index is 6.73. The van der Waals surface area contributed by atoms with Crippen LogP contribution in [0.15, 0.2) is 210 Å². The highest BCUT2D eigenvalue weighted by molar-refractivity contribution is 6.20. The van der Waals surface area contributed by atoms with Crippen LogP contribution in [0.4, 0.5) is 0 Å². The van der Waals surface area contributed by atoms with Crippen LogP contribution in [0.3, 0.4) is 0 Å². The smallest absolute Gasteiger partial charge is 0.160 e. The molecule has 0 spiro atoms. The van der Waals surface area contributed by atoms with Gasteiger partial charge in [-0.25, -0.2) is 15.0 Å². The van der Waals surface area contributed by atoms with E-state index >= 15 is 0 Å². The first-order valence-electron chi connectivity index (χ1n) is 22.6. The third kappa shape index (κ3) is 6.18. The largest absolute Gasteiger partial charge is 0.454 e. The predicted molar refractivity (Wildman–Crippen MR) is 267 cm³/mol. The monoisotopic (exact) mass is 834 g/mol. The van der Waals surface area contributed by atoms with Crippen molar-refractivity contribution in [1.82, 2.24) is 19.5 Å². The molecule has 65 heavy (non-hydrogen) atoms. The molecule has 0 N–H and O–H groups in total. The molecule has 5 nitrogen and oxygen atoms in total. The van der Waals surface area contributed by atoms with E-state index in [-0.39, 0.29) is 11.8 Å².